The van der Waals surface area contributed by atoms with Gasteiger partial charge in [0.05, 0.1) is 26.4 Å². The topological polar surface area (TPSA) is 24.9 Å². The third-order valence-corrected chi connectivity index (χ3v) is 14.6. The molecule has 2 aliphatic carbocycles. The Morgan fingerprint density at radius 3 is 1.32 bits per heavy atom. The molecule has 0 spiro atoms. The minimum absolute atomic E-state index is 0.759. The van der Waals surface area contributed by atoms with Crippen molar-refractivity contribution in [2.45, 2.75) is 25.7 Å². The van der Waals surface area contributed by atoms with Crippen molar-refractivity contribution in [3.05, 3.63) is 135 Å². The van der Waals surface area contributed by atoms with Crippen LogP contribution in [0.3, 0.4) is 0 Å². The largest absolute Gasteiger partial charge is 0.378 e. The molecule has 7 rings (SSSR count). The molecule has 0 unspecified atom stereocenters. The summed E-state index contributed by atoms with van der Waals surface area (Å²) in [5.74, 6) is 0. The zero-order valence-electron chi connectivity index (χ0n) is 25.4. The Morgan fingerprint density at radius 2 is 0.909 bits per heavy atom. The first-order valence-corrected chi connectivity index (χ1v) is 18.8. The van der Waals surface area contributed by atoms with Crippen LogP contribution in [-0.2, 0) is 21.3 Å². The SMILES string of the molecule is S=P(C1=C(N2CCOCC2)/C(=C\c2ccccc2)CC1)(C1=C(N2CCOCC2)/C(=C\c2ccccc2)CC1)c1ccccc1. The number of nitrogens with zero attached hydrogens (tertiary/aromatic N) is 2. The van der Waals surface area contributed by atoms with E-state index in [1.54, 1.807) is 0 Å². The molecule has 44 heavy (non-hydrogen) atoms. The summed E-state index contributed by atoms with van der Waals surface area (Å²) in [6.45, 7) is 6.66. The standard InChI is InChI=1S/C38H41N2O2PS/c44-43(34-14-8-3-9-15-34,35-18-16-32(28-30-10-4-1-5-11-30)37(35)39-20-24-41-25-21-39)36-19-17-33(29-31-12-6-2-7-13-31)38(36)40-22-26-42-27-23-40/h1-15,28-29H,16-27H2/b32-28-,33-29-. The third kappa shape index (κ3) is 5.91. The normalized spacial score (nSPS) is 21.6. The van der Waals surface area contributed by atoms with Crippen LogP contribution >= 0.6 is 6.04 Å². The predicted octanol–water partition coefficient (Wildman–Crippen LogP) is 7.63. The van der Waals surface area contributed by atoms with E-state index in [-0.39, 0.29) is 0 Å². The summed E-state index contributed by atoms with van der Waals surface area (Å²) in [6.07, 6.45) is 8.89. The van der Waals surface area contributed by atoms with Gasteiger partial charge in [0.2, 0.25) is 0 Å². The first-order valence-electron chi connectivity index (χ1n) is 16.0. The Bertz CT molecular complexity index is 1530. The van der Waals surface area contributed by atoms with Crippen LogP contribution in [0.4, 0.5) is 0 Å². The quantitative estimate of drug-likeness (QED) is 0.253. The maximum atomic E-state index is 7.24. The second-order valence-corrected chi connectivity index (χ2v) is 16.4. The number of rotatable bonds is 7. The number of hydrogen-bond acceptors (Lipinski definition) is 5. The van der Waals surface area contributed by atoms with Crippen molar-refractivity contribution in [3.8, 4) is 0 Å². The molecule has 3 aromatic carbocycles. The number of benzene rings is 3. The molecule has 3 aromatic rings. The maximum absolute atomic E-state index is 7.24. The van der Waals surface area contributed by atoms with Gasteiger partial charge in [-0.3, -0.25) is 0 Å². The van der Waals surface area contributed by atoms with E-state index >= 15 is 0 Å². The zero-order chi connectivity index (χ0) is 29.8. The first kappa shape index (κ1) is 29.5. The zero-order valence-corrected chi connectivity index (χ0v) is 27.1. The highest BCUT2D eigenvalue weighted by atomic mass is 32.4. The number of morpholine rings is 2. The molecule has 4 nitrogen and oxygen atoms in total. The second-order valence-electron chi connectivity index (χ2n) is 11.9. The molecule has 0 bridgehead atoms. The minimum atomic E-state index is -2.35. The molecular weight excluding hydrogens is 579 g/mol. The van der Waals surface area contributed by atoms with E-state index < -0.39 is 6.04 Å². The molecule has 0 saturated carbocycles. The van der Waals surface area contributed by atoms with Crippen LogP contribution in [0.1, 0.15) is 36.8 Å². The van der Waals surface area contributed by atoms with E-state index in [1.807, 2.05) is 0 Å². The van der Waals surface area contributed by atoms with Crippen LogP contribution in [0.15, 0.2) is 124 Å². The molecule has 226 valence electrons. The van der Waals surface area contributed by atoms with Gasteiger partial charge < -0.3 is 19.3 Å². The van der Waals surface area contributed by atoms with Crippen LogP contribution in [0.2, 0.25) is 0 Å². The fourth-order valence-electron chi connectivity index (χ4n) is 7.20. The van der Waals surface area contributed by atoms with Gasteiger partial charge in [0.15, 0.2) is 0 Å². The van der Waals surface area contributed by atoms with Gasteiger partial charge in [-0.15, -0.1) is 0 Å². The molecule has 2 heterocycles. The molecule has 2 aliphatic heterocycles. The summed E-state index contributed by atoms with van der Waals surface area (Å²) in [5.41, 5.74) is 8.15. The lowest BCUT2D eigenvalue weighted by Gasteiger charge is -2.37. The molecule has 2 fully saturated rings. The van der Waals surface area contributed by atoms with Gasteiger partial charge >= 0.3 is 0 Å². The Hall–Kier alpha value is -3.21. The van der Waals surface area contributed by atoms with Gasteiger partial charge in [-0.05, 0) is 76.0 Å². The van der Waals surface area contributed by atoms with Crippen molar-refractivity contribution in [3.63, 3.8) is 0 Å². The van der Waals surface area contributed by atoms with Gasteiger partial charge in [0.1, 0.15) is 0 Å². The molecule has 0 amide bonds. The van der Waals surface area contributed by atoms with E-state index in [2.05, 4.69) is 113 Å². The molecule has 2 saturated heterocycles. The van der Waals surface area contributed by atoms with Crippen molar-refractivity contribution in [1.82, 2.24) is 9.80 Å². The van der Waals surface area contributed by atoms with Crippen LogP contribution in [-0.4, -0.2) is 62.4 Å². The van der Waals surface area contributed by atoms with Gasteiger partial charge in [-0.25, -0.2) is 0 Å². The molecule has 0 N–H and O–H groups in total. The van der Waals surface area contributed by atoms with Gasteiger partial charge in [0, 0.05) is 43.6 Å². The van der Waals surface area contributed by atoms with Crippen LogP contribution in [0.25, 0.3) is 12.2 Å². The van der Waals surface area contributed by atoms with Crippen LogP contribution in [0.5, 0.6) is 0 Å². The average Bonchev–Trinajstić information content (AvgIpc) is 3.71. The Balaban J connectivity index is 1.46. The monoisotopic (exact) mass is 620 g/mol. The minimum Gasteiger partial charge on any atom is -0.378 e. The molecule has 0 aromatic heterocycles. The smallest absolute Gasteiger partial charge is 0.0642 e. The summed E-state index contributed by atoms with van der Waals surface area (Å²) in [6, 6.07) is 30.3. The third-order valence-electron chi connectivity index (χ3n) is 9.23. The summed E-state index contributed by atoms with van der Waals surface area (Å²) < 4.78 is 11.7. The number of ether oxygens (including phenoxy) is 2. The summed E-state index contributed by atoms with van der Waals surface area (Å²) in [4.78, 5) is 5.18. The Labute approximate surface area is 267 Å². The first-order chi connectivity index (χ1) is 21.7. The molecule has 0 atom stereocenters. The highest BCUT2D eigenvalue weighted by Gasteiger charge is 2.41. The maximum Gasteiger partial charge on any atom is 0.0642 e. The van der Waals surface area contributed by atoms with Gasteiger partial charge in [0.25, 0.3) is 0 Å². The molecule has 6 heteroatoms. The molecule has 0 radical (unpaired) electrons. The van der Waals surface area contributed by atoms with E-state index in [9.17, 15) is 0 Å². The summed E-state index contributed by atoms with van der Waals surface area (Å²) in [5, 5.41) is 4.30. The van der Waals surface area contributed by atoms with E-state index in [0.29, 0.717) is 0 Å². The van der Waals surface area contributed by atoms with E-state index in [4.69, 9.17) is 21.3 Å². The highest BCUT2D eigenvalue weighted by Crippen LogP contribution is 2.69. The van der Waals surface area contributed by atoms with Crippen molar-refractivity contribution >= 4 is 35.3 Å². The lowest BCUT2D eigenvalue weighted by Crippen LogP contribution is -2.37. The van der Waals surface area contributed by atoms with Gasteiger partial charge in [-0.1, -0.05) is 103 Å². The Morgan fingerprint density at radius 1 is 0.523 bits per heavy atom. The summed E-state index contributed by atoms with van der Waals surface area (Å²) >= 11 is 7.24. The lowest BCUT2D eigenvalue weighted by molar-refractivity contribution is 0.0548. The number of hydrogen-bond donors (Lipinski definition) is 0. The van der Waals surface area contributed by atoms with Crippen LogP contribution in [0, 0.1) is 0 Å². The van der Waals surface area contributed by atoms with E-state index in [1.165, 1.54) is 49.6 Å². The number of allylic oxidation sites excluding steroid dienone is 4. The van der Waals surface area contributed by atoms with Crippen molar-refractivity contribution < 1.29 is 9.47 Å². The van der Waals surface area contributed by atoms with E-state index in [0.717, 1.165) is 78.3 Å². The lowest BCUT2D eigenvalue weighted by atomic mass is 10.1. The average molecular weight is 621 g/mol. The highest BCUT2D eigenvalue weighted by molar-refractivity contribution is 8.22. The van der Waals surface area contributed by atoms with Crippen LogP contribution < -0.4 is 5.30 Å². The fourth-order valence-corrected chi connectivity index (χ4v) is 12.2. The summed E-state index contributed by atoms with van der Waals surface area (Å²) in [7, 11) is 0. The van der Waals surface area contributed by atoms with Gasteiger partial charge in [-0.2, -0.15) is 0 Å². The Kier molecular flexibility index (Phi) is 9.00. The van der Waals surface area contributed by atoms with Crippen molar-refractivity contribution in [2.24, 2.45) is 0 Å². The molecule has 4 aliphatic rings. The van der Waals surface area contributed by atoms with Crippen molar-refractivity contribution in [2.75, 3.05) is 52.6 Å². The molecular formula is C38H41N2O2PS. The second kappa shape index (κ2) is 13.4. The predicted molar refractivity (Wildman–Crippen MR) is 187 cm³/mol. The fraction of sp³-hybridized carbons (Fsp3) is 0.316. The van der Waals surface area contributed by atoms with Crippen molar-refractivity contribution in [1.29, 1.82) is 0 Å².